The zero-order chi connectivity index (χ0) is 7.84. The largest absolute Gasteiger partial charge is 0.296 e. The van der Waals surface area contributed by atoms with E-state index >= 15 is 0 Å². The second-order valence-electron chi connectivity index (χ2n) is 2.12. The Bertz CT molecular complexity index is 391. The van der Waals surface area contributed by atoms with E-state index in [0.29, 0.717) is 5.65 Å². The lowest BCUT2D eigenvalue weighted by Gasteiger charge is -1.93. The van der Waals surface area contributed by atoms with Crippen molar-refractivity contribution in [3.05, 3.63) is 18.5 Å². The highest BCUT2D eigenvalue weighted by molar-refractivity contribution is 5.62. The van der Waals surface area contributed by atoms with E-state index in [4.69, 9.17) is 11.5 Å². The first-order valence-electron chi connectivity index (χ1n) is 3.05. The number of fused-ring (bicyclic) bond motifs is 1. The van der Waals surface area contributed by atoms with Gasteiger partial charge in [0.05, 0.1) is 6.20 Å². The van der Waals surface area contributed by atoms with Gasteiger partial charge >= 0.3 is 0 Å². The lowest BCUT2D eigenvalue weighted by Crippen LogP contribution is -1.91. The number of hydrogen-bond donors (Lipinski definition) is 0. The summed E-state index contributed by atoms with van der Waals surface area (Å²) in [5.41, 5.74) is 15.3. The van der Waals surface area contributed by atoms with Crippen LogP contribution in [0.15, 0.2) is 18.5 Å². The van der Waals surface area contributed by atoms with E-state index < -0.39 is 0 Å². The van der Waals surface area contributed by atoms with E-state index in [2.05, 4.69) is 10.1 Å². The molecule has 0 aliphatic carbocycles. The predicted molar refractivity (Wildman–Crippen MR) is 38.5 cm³/mol. The van der Waals surface area contributed by atoms with Crippen LogP contribution in [0.25, 0.3) is 5.65 Å². The smallest absolute Gasteiger partial charge is 0.182 e. The molecule has 5 nitrogen and oxygen atoms in total. The van der Waals surface area contributed by atoms with Gasteiger partial charge in [-0.2, -0.15) is 9.61 Å². The van der Waals surface area contributed by atoms with Crippen molar-refractivity contribution in [2.75, 3.05) is 0 Å². The van der Waals surface area contributed by atoms with E-state index in [1.165, 1.54) is 23.0 Å². The molecule has 0 spiro atoms. The minimum absolute atomic E-state index is 0.244. The molecule has 0 aromatic carbocycles. The molecule has 0 bridgehead atoms. The second kappa shape index (κ2) is 1.85. The summed E-state index contributed by atoms with van der Waals surface area (Å²) in [5, 5.41) is 3.80. The summed E-state index contributed by atoms with van der Waals surface area (Å²) in [6.07, 6.45) is 2.87. The van der Waals surface area contributed by atoms with Crippen LogP contribution in [-0.2, 0) is 0 Å². The predicted octanol–water partition coefficient (Wildman–Crippen LogP) is 0.558. The van der Waals surface area contributed by atoms with Crippen molar-refractivity contribution in [3.63, 3.8) is 0 Å². The van der Waals surface area contributed by atoms with E-state index in [0.717, 1.165) is 0 Å². The molecule has 2 aromatic rings. The molecular formula is C6H5N5. The summed E-state index contributed by atoms with van der Waals surface area (Å²) in [6, 6.07) is 1.53. The molecule has 0 aliphatic rings. The fourth-order valence-corrected chi connectivity index (χ4v) is 0.892. The Balaban J connectivity index is 2.94. The van der Waals surface area contributed by atoms with E-state index in [9.17, 15) is 0 Å². The summed E-state index contributed by atoms with van der Waals surface area (Å²) >= 11 is 0. The molecule has 2 aromatic heterocycles. The van der Waals surface area contributed by atoms with Crippen molar-refractivity contribution in [2.45, 2.75) is 0 Å². The molecule has 5 heteroatoms. The van der Waals surface area contributed by atoms with Crippen molar-refractivity contribution in [1.82, 2.24) is 26.1 Å². The van der Waals surface area contributed by atoms with Gasteiger partial charge < -0.3 is 0 Å². The fourth-order valence-electron chi connectivity index (χ4n) is 0.892. The van der Waals surface area contributed by atoms with Crippen molar-refractivity contribution in [3.8, 4) is 0 Å². The van der Waals surface area contributed by atoms with E-state index in [1.54, 1.807) is 0 Å². The van der Waals surface area contributed by atoms with Crippen LogP contribution in [0.1, 0.15) is 0 Å². The Labute approximate surface area is 62.6 Å². The molecular weight excluding hydrogens is 142 g/mol. The summed E-state index contributed by atoms with van der Waals surface area (Å²) in [6.45, 7) is 0. The third-order valence-electron chi connectivity index (χ3n) is 1.40. The Morgan fingerprint density at radius 2 is 2.18 bits per heavy atom. The third-order valence-corrected chi connectivity index (χ3v) is 1.40. The maximum atomic E-state index is 7.35. The summed E-state index contributed by atoms with van der Waals surface area (Å²) < 4.78 is 1.32. The van der Waals surface area contributed by atoms with Gasteiger partial charge in [0.2, 0.25) is 0 Å². The van der Waals surface area contributed by atoms with Gasteiger partial charge in [-0.05, 0) is 0 Å². The van der Waals surface area contributed by atoms with Gasteiger partial charge in [-0.15, -0.1) is 0 Å². The van der Waals surface area contributed by atoms with Gasteiger partial charge in [-0.3, -0.25) is 11.5 Å². The Morgan fingerprint density at radius 1 is 1.36 bits per heavy atom. The molecule has 0 atom stereocenters. The first-order chi connectivity index (χ1) is 5.29. The van der Waals surface area contributed by atoms with Gasteiger partial charge in [-0.25, -0.2) is 4.98 Å². The highest BCUT2D eigenvalue weighted by atomic mass is 15.3. The number of nitrogens with one attached hydrogen (secondary N) is 2. The van der Waals surface area contributed by atoms with Crippen molar-refractivity contribution >= 4 is 17.2 Å². The normalized spacial score (nSPS) is 10.5. The molecule has 2 radical (unpaired) electrons. The van der Waals surface area contributed by atoms with Crippen molar-refractivity contribution in [1.29, 1.82) is 0 Å². The van der Waals surface area contributed by atoms with Crippen molar-refractivity contribution in [2.24, 2.45) is 0 Å². The highest BCUT2D eigenvalue weighted by Gasteiger charge is 2.02. The summed E-state index contributed by atoms with van der Waals surface area (Å²) in [7, 11) is 0. The average molecular weight is 147 g/mol. The third kappa shape index (κ3) is 0.706. The number of nitrogens with zero attached hydrogens (tertiary/aromatic N) is 3. The molecule has 0 aliphatic heterocycles. The molecule has 11 heavy (non-hydrogen) atoms. The molecule has 0 fully saturated rings. The van der Waals surface area contributed by atoms with Gasteiger partial charge in [0, 0.05) is 12.3 Å². The van der Waals surface area contributed by atoms with Crippen LogP contribution in [-0.4, -0.2) is 14.6 Å². The van der Waals surface area contributed by atoms with E-state index in [-0.39, 0.29) is 11.5 Å². The van der Waals surface area contributed by atoms with Crippen LogP contribution in [0.3, 0.4) is 0 Å². The second-order valence-corrected chi connectivity index (χ2v) is 2.12. The topological polar surface area (TPSA) is 77.8 Å². The zero-order valence-electron chi connectivity index (χ0n) is 5.57. The maximum Gasteiger partial charge on any atom is 0.182 e. The number of hydrogen-bond acceptors (Lipinski definition) is 2. The summed E-state index contributed by atoms with van der Waals surface area (Å²) in [5.74, 6) is 0.244. The standard InChI is InChI=1S/C6H5N5/c7-4-3-10-11-5(8)1-2-9-6(4)11/h1-3,7-8H. The molecule has 0 amide bonds. The molecule has 0 saturated carbocycles. The first-order valence-corrected chi connectivity index (χ1v) is 3.05. The van der Waals surface area contributed by atoms with Crippen LogP contribution < -0.4 is 11.5 Å². The zero-order valence-corrected chi connectivity index (χ0v) is 5.57. The van der Waals surface area contributed by atoms with Crippen LogP contribution in [0.5, 0.6) is 0 Å². The quantitative estimate of drug-likeness (QED) is 0.545. The monoisotopic (exact) mass is 147 g/mol. The Kier molecular flexibility index (Phi) is 1.00. The number of rotatable bonds is 0. The Morgan fingerprint density at radius 3 is 2.91 bits per heavy atom. The van der Waals surface area contributed by atoms with Gasteiger partial charge in [-0.1, -0.05) is 0 Å². The molecule has 2 heterocycles. The maximum absolute atomic E-state index is 7.35. The van der Waals surface area contributed by atoms with Gasteiger partial charge in [0.25, 0.3) is 0 Å². The van der Waals surface area contributed by atoms with Crippen LogP contribution in [0.2, 0.25) is 0 Å². The van der Waals surface area contributed by atoms with Crippen LogP contribution in [0.4, 0.5) is 11.5 Å². The lowest BCUT2D eigenvalue weighted by atomic mass is 10.5. The molecule has 2 rings (SSSR count). The first kappa shape index (κ1) is 5.96. The van der Waals surface area contributed by atoms with Gasteiger partial charge in [0.15, 0.2) is 5.65 Å². The number of aromatic nitrogens is 3. The fraction of sp³-hybridized carbons (Fsp3) is 0. The van der Waals surface area contributed by atoms with E-state index in [1.807, 2.05) is 0 Å². The SMILES string of the molecule is [NH]c1cnn2c([NH])ccnc12. The average Bonchev–Trinajstić information content (AvgIpc) is 2.35. The molecule has 0 unspecified atom stereocenters. The molecule has 2 N–H and O–H groups in total. The minimum atomic E-state index is 0.244. The highest BCUT2D eigenvalue weighted by Crippen LogP contribution is 2.13. The summed E-state index contributed by atoms with van der Waals surface area (Å²) in [4.78, 5) is 3.89. The molecule has 0 saturated heterocycles. The van der Waals surface area contributed by atoms with Crippen LogP contribution in [0, 0.1) is 0 Å². The van der Waals surface area contributed by atoms with Gasteiger partial charge in [0.1, 0.15) is 11.5 Å². The van der Waals surface area contributed by atoms with Crippen LogP contribution >= 0.6 is 0 Å². The van der Waals surface area contributed by atoms with Crippen molar-refractivity contribution < 1.29 is 0 Å². The Hall–Kier alpha value is -1.78. The minimum Gasteiger partial charge on any atom is -0.296 e. The lowest BCUT2D eigenvalue weighted by molar-refractivity contribution is 0.930. The molecule has 54 valence electrons.